The normalized spacial score (nSPS) is 14.6. The number of carbonyl (C=O) groups is 2. The van der Waals surface area contributed by atoms with E-state index in [1.165, 1.54) is 6.26 Å². The molecule has 1 aliphatic rings. The van der Waals surface area contributed by atoms with Crippen molar-refractivity contribution in [2.24, 2.45) is 0 Å². The molecule has 0 saturated carbocycles. The molecule has 2 heterocycles. The lowest BCUT2D eigenvalue weighted by molar-refractivity contribution is -0.121. The van der Waals surface area contributed by atoms with Crippen LogP contribution in [0.5, 0.6) is 5.75 Å². The van der Waals surface area contributed by atoms with E-state index in [1.807, 2.05) is 25.1 Å². The molecule has 0 aliphatic carbocycles. The van der Waals surface area contributed by atoms with Crippen LogP contribution in [0.2, 0.25) is 0 Å². The summed E-state index contributed by atoms with van der Waals surface area (Å²) in [5.74, 6) is 0.528. The molecule has 8 nitrogen and oxygen atoms in total. The van der Waals surface area contributed by atoms with E-state index in [2.05, 4.69) is 49.8 Å². The number of aromatic nitrogens is 1. The number of hydrogen-bond donors (Lipinski definition) is 1. The van der Waals surface area contributed by atoms with Crippen LogP contribution >= 0.6 is 0 Å². The van der Waals surface area contributed by atoms with Crippen LogP contribution in [0.25, 0.3) is 0 Å². The lowest BCUT2D eigenvalue weighted by Crippen LogP contribution is -2.38. The fourth-order valence-electron chi connectivity index (χ4n) is 4.15. The minimum Gasteiger partial charge on any atom is -0.482 e. The minimum absolute atomic E-state index is 0.0303. The first kappa shape index (κ1) is 26.7. The number of nitrogens with zero attached hydrogens (tertiary/aromatic N) is 3. The Labute approximate surface area is 209 Å². The molecule has 192 valence electrons. The Kier molecular flexibility index (Phi) is 8.94. The zero-order chi connectivity index (χ0) is 25.6. The highest BCUT2D eigenvalue weighted by Crippen LogP contribution is 2.38. The molecule has 1 N–H and O–H groups in total. The molecule has 1 aliphatic heterocycles. The van der Waals surface area contributed by atoms with Gasteiger partial charge in [0, 0.05) is 6.04 Å². The van der Waals surface area contributed by atoms with Crippen LogP contribution in [0.3, 0.4) is 0 Å². The van der Waals surface area contributed by atoms with Gasteiger partial charge in [0.15, 0.2) is 12.3 Å². The first-order valence-electron chi connectivity index (χ1n) is 12.7. The van der Waals surface area contributed by atoms with Gasteiger partial charge in [0.2, 0.25) is 5.89 Å². The standard InChI is InChI=1S/C27H40N4O4/c1-7-27(5,6)20-12-13-23-22(15-20)31(25(32)18-34-23)16-24-29-21(17-35-24)26(33)28-19(4)11-10-14-30(8-2)9-3/h12-13,15,17,19H,7-11,14,16,18H2,1-6H3,(H,28,33). The number of hydrogen-bond acceptors (Lipinski definition) is 6. The van der Waals surface area contributed by atoms with Crippen molar-refractivity contribution < 1.29 is 18.7 Å². The SMILES string of the molecule is CCN(CC)CCCC(C)NC(=O)c1coc(CN2C(=O)COc3ccc(C(C)(C)CC)cc32)n1. The maximum Gasteiger partial charge on any atom is 0.273 e. The molecule has 1 aromatic heterocycles. The van der Waals surface area contributed by atoms with E-state index in [4.69, 9.17) is 9.15 Å². The third-order valence-corrected chi connectivity index (χ3v) is 7.03. The van der Waals surface area contributed by atoms with Gasteiger partial charge in [-0.1, -0.05) is 40.7 Å². The summed E-state index contributed by atoms with van der Waals surface area (Å²) in [5, 5.41) is 3.00. The third kappa shape index (κ3) is 6.63. The van der Waals surface area contributed by atoms with Crippen LogP contribution in [0.1, 0.15) is 82.7 Å². The van der Waals surface area contributed by atoms with Gasteiger partial charge in [-0.3, -0.25) is 14.5 Å². The van der Waals surface area contributed by atoms with E-state index in [9.17, 15) is 9.59 Å². The van der Waals surface area contributed by atoms with Crippen molar-refractivity contribution in [3.8, 4) is 5.75 Å². The van der Waals surface area contributed by atoms with E-state index in [0.717, 1.165) is 44.5 Å². The van der Waals surface area contributed by atoms with Crippen molar-refractivity contribution in [2.45, 2.75) is 78.8 Å². The fourth-order valence-corrected chi connectivity index (χ4v) is 4.15. The molecule has 0 radical (unpaired) electrons. The van der Waals surface area contributed by atoms with Gasteiger partial charge in [-0.05, 0) is 68.9 Å². The Balaban J connectivity index is 1.65. The van der Waals surface area contributed by atoms with Crippen molar-refractivity contribution in [3.05, 3.63) is 41.6 Å². The largest absolute Gasteiger partial charge is 0.482 e. The molecule has 1 aromatic carbocycles. The van der Waals surface area contributed by atoms with Crippen LogP contribution < -0.4 is 15.0 Å². The number of amides is 2. The summed E-state index contributed by atoms with van der Waals surface area (Å²) in [6.45, 7) is 16.0. The summed E-state index contributed by atoms with van der Waals surface area (Å²) in [7, 11) is 0. The molecule has 35 heavy (non-hydrogen) atoms. The van der Waals surface area contributed by atoms with E-state index < -0.39 is 0 Å². The number of fused-ring (bicyclic) bond motifs is 1. The summed E-state index contributed by atoms with van der Waals surface area (Å²) >= 11 is 0. The topological polar surface area (TPSA) is 87.9 Å². The number of oxazole rings is 1. The monoisotopic (exact) mass is 484 g/mol. The lowest BCUT2D eigenvalue weighted by atomic mass is 9.82. The highest BCUT2D eigenvalue weighted by Gasteiger charge is 2.30. The molecular formula is C27H40N4O4. The Hall–Kier alpha value is -2.87. The predicted molar refractivity (Wildman–Crippen MR) is 137 cm³/mol. The van der Waals surface area contributed by atoms with Gasteiger partial charge in [-0.2, -0.15) is 0 Å². The van der Waals surface area contributed by atoms with Gasteiger partial charge in [0.25, 0.3) is 11.8 Å². The molecule has 1 atom stereocenters. The second-order valence-electron chi connectivity index (χ2n) is 9.86. The van der Waals surface area contributed by atoms with Crippen LogP contribution in [-0.4, -0.2) is 54.0 Å². The highest BCUT2D eigenvalue weighted by molar-refractivity contribution is 5.98. The number of benzene rings is 1. The number of ether oxygens (including phenoxy) is 1. The van der Waals surface area contributed by atoms with Crippen LogP contribution in [-0.2, 0) is 16.8 Å². The van der Waals surface area contributed by atoms with Gasteiger partial charge >= 0.3 is 0 Å². The number of anilines is 1. The first-order chi connectivity index (χ1) is 16.7. The van der Waals surface area contributed by atoms with Crippen molar-refractivity contribution in [1.29, 1.82) is 0 Å². The van der Waals surface area contributed by atoms with E-state index in [-0.39, 0.29) is 42.1 Å². The number of nitrogens with one attached hydrogen (secondary N) is 1. The summed E-state index contributed by atoms with van der Waals surface area (Å²) < 4.78 is 11.2. The second-order valence-corrected chi connectivity index (χ2v) is 9.86. The maximum absolute atomic E-state index is 12.7. The Bertz CT molecular complexity index is 1010. The fraction of sp³-hybridized carbons (Fsp3) is 0.593. The zero-order valence-electron chi connectivity index (χ0n) is 22.0. The minimum atomic E-state index is -0.268. The zero-order valence-corrected chi connectivity index (χ0v) is 22.0. The Morgan fingerprint density at radius 3 is 2.69 bits per heavy atom. The number of rotatable bonds is 12. The van der Waals surface area contributed by atoms with E-state index in [0.29, 0.717) is 17.3 Å². The molecular weight excluding hydrogens is 444 g/mol. The summed E-state index contributed by atoms with van der Waals surface area (Å²) in [4.78, 5) is 33.8. The third-order valence-electron chi connectivity index (χ3n) is 7.03. The van der Waals surface area contributed by atoms with Crippen molar-refractivity contribution >= 4 is 17.5 Å². The molecule has 2 aromatic rings. The average Bonchev–Trinajstić information content (AvgIpc) is 3.32. The van der Waals surface area contributed by atoms with Crippen molar-refractivity contribution in [3.63, 3.8) is 0 Å². The van der Waals surface area contributed by atoms with Crippen LogP contribution in [0, 0.1) is 0 Å². The molecule has 3 rings (SSSR count). The molecule has 0 saturated heterocycles. The maximum atomic E-state index is 12.7. The molecule has 0 bridgehead atoms. The molecule has 0 spiro atoms. The van der Waals surface area contributed by atoms with Gasteiger partial charge in [0.1, 0.15) is 18.6 Å². The number of carbonyl (C=O) groups excluding carboxylic acids is 2. The van der Waals surface area contributed by atoms with Gasteiger partial charge in [-0.25, -0.2) is 4.98 Å². The van der Waals surface area contributed by atoms with Gasteiger partial charge in [-0.15, -0.1) is 0 Å². The van der Waals surface area contributed by atoms with Crippen molar-refractivity contribution in [1.82, 2.24) is 15.2 Å². The Morgan fingerprint density at radius 1 is 1.26 bits per heavy atom. The summed E-state index contributed by atoms with van der Waals surface area (Å²) in [6.07, 6.45) is 4.23. The van der Waals surface area contributed by atoms with E-state index >= 15 is 0 Å². The second kappa shape index (κ2) is 11.7. The van der Waals surface area contributed by atoms with Crippen molar-refractivity contribution in [2.75, 3.05) is 31.1 Å². The summed E-state index contributed by atoms with van der Waals surface area (Å²) in [6, 6.07) is 6.00. The highest BCUT2D eigenvalue weighted by atomic mass is 16.5. The first-order valence-corrected chi connectivity index (χ1v) is 12.7. The summed E-state index contributed by atoms with van der Waals surface area (Å²) in [5.41, 5.74) is 2.02. The van der Waals surface area contributed by atoms with Gasteiger partial charge < -0.3 is 19.4 Å². The molecule has 1 unspecified atom stereocenters. The van der Waals surface area contributed by atoms with Gasteiger partial charge in [0.05, 0.1) is 5.69 Å². The molecule has 8 heteroatoms. The average molecular weight is 485 g/mol. The predicted octanol–water partition coefficient (Wildman–Crippen LogP) is 4.53. The molecule has 2 amide bonds. The lowest BCUT2D eigenvalue weighted by Gasteiger charge is -2.31. The Morgan fingerprint density at radius 2 is 2.00 bits per heavy atom. The van der Waals surface area contributed by atoms with Crippen LogP contribution in [0.4, 0.5) is 5.69 Å². The van der Waals surface area contributed by atoms with Crippen LogP contribution in [0.15, 0.2) is 28.9 Å². The smallest absolute Gasteiger partial charge is 0.273 e. The quantitative estimate of drug-likeness (QED) is 0.476. The molecule has 0 fully saturated rings. The van der Waals surface area contributed by atoms with E-state index in [1.54, 1.807) is 4.90 Å².